The van der Waals surface area contributed by atoms with Crippen molar-refractivity contribution >= 4 is 0 Å². The van der Waals surface area contributed by atoms with Gasteiger partial charge in [-0.3, -0.25) is 0 Å². The van der Waals surface area contributed by atoms with Crippen molar-refractivity contribution in [3.63, 3.8) is 0 Å². The van der Waals surface area contributed by atoms with Gasteiger partial charge in [0.2, 0.25) is 0 Å². The predicted molar refractivity (Wildman–Crippen MR) is 78.8 cm³/mol. The van der Waals surface area contributed by atoms with Gasteiger partial charge in [-0.05, 0) is 35.4 Å². The van der Waals surface area contributed by atoms with E-state index in [1.54, 1.807) is 0 Å². The largest absolute Gasteiger partial charge is 0.385 e. The first-order valence-corrected chi connectivity index (χ1v) is 7.12. The third-order valence-electron chi connectivity index (χ3n) is 4.53. The van der Waals surface area contributed by atoms with Crippen LogP contribution < -0.4 is 0 Å². The summed E-state index contributed by atoms with van der Waals surface area (Å²) in [5.74, 6) is 0.426. The van der Waals surface area contributed by atoms with Gasteiger partial charge in [0.25, 0.3) is 0 Å². The Morgan fingerprint density at radius 3 is 2.16 bits per heavy atom. The lowest BCUT2D eigenvalue weighted by Crippen LogP contribution is -2.43. The van der Waals surface area contributed by atoms with Crippen molar-refractivity contribution in [2.75, 3.05) is 0 Å². The molecule has 1 N–H and O–H groups in total. The summed E-state index contributed by atoms with van der Waals surface area (Å²) >= 11 is 0. The number of benzene rings is 2. The molecular weight excluding hydrogens is 232 g/mol. The highest BCUT2D eigenvalue weighted by molar-refractivity contribution is 5.63. The van der Waals surface area contributed by atoms with Crippen LogP contribution in [-0.2, 0) is 5.60 Å². The highest BCUT2D eigenvalue weighted by atomic mass is 16.3. The second kappa shape index (κ2) is 4.82. The molecule has 0 aromatic heterocycles. The summed E-state index contributed by atoms with van der Waals surface area (Å²) in [4.78, 5) is 0. The smallest absolute Gasteiger partial charge is 0.0924 e. The monoisotopic (exact) mass is 252 g/mol. The second-order valence-corrected chi connectivity index (χ2v) is 5.51. The van der Waals surface area contributed by atoms with E-state index in [-0.39, 0.29) is 0 Å². The summed E-state index contributed by atoms with van der Waals surface area (Å²) in [6.07, 6.45) is 3.10. The maximum atomic E-state index is 10.7. The maximum Gasteiger partial charge on any atom is 0.0924 e. The normalized spacial score (nSPS) is 25.9. The molecule has 2 aromatic rings. The number of hydrogen-bond donors (Lipinski definition) is 1. The second-order valence-electron chi connectivity index (χ2n) is 5.51. The van der Waals surface area contributed by atoms with Crippen molar-refractivity contribution in [2.24, 2.45) is 5.92 Å². The van der Waals surface area contributed by atoms with Crippen LogP contribution in [0.3, 0.4) is 0 Å². The Kier molecular flexibility index (Phi) is 3.16. The van der Waals surface area contributed by atoms with Crippen molar-refractivity contribution in [3.05, 3.63) is 60.2 Å². The van der Waals surface area contributed by atoms with Gasteiger partial charge in [-0.15, -0.1) is 0 Å². The van der Waals surface area contributed by atoms with Crippen LogP contribution in [0.2, 0.25) is 0 Å². The highest BCUT2D eigenvalue weighted by Gasteiger charge is 2.45. The average molecular weight is 252 g/mol. The lowest BCUT2D eigenvalue weighted by molar-refractivity contribution is -0.103. The summed E-state index contributed by atoms with van der Waals surface area (Å²) < 4.78 is 0. The molecule has 2 unspecified atom stereocenters. The van der Waals surface area contributed by atoms with Gasteiger partial charge in [0, 0.05) is 0 Å². The number of hydrogen-bond acceptors (Lipinski definition) is 1. The molecule has 0 saturated heterocycles. The van der Waals surface area contributed by atoms with Gasteiger partial charge < -0.3 is 5.11 Å². The molecule has 0 spiro atoms. The minimum absolute atomic E-state index is 0.426. The van der Waals surface area contributed by atoms with E-state index in [0.717, 1.165) is 24.8 Å². The molecule has 1 aliphatic carbocycles. The first-order valence-electron chi connectivity index (χ1n) is 7.12. The summed E-state index contributed by atoms with van der Waals surface area (Å²) in [5, 5.41) is 10.7. The molecule has 0 radical (unpaired) electrons. The van der Waals surface area contributed by atoms with Gasteiger partial charge in [-0.1, -0.05) is 67.9 Å². The molecule has 2 atom stereocenters. The molecule has 0 aliphatic heterocycles. The predicted octanol–water partition coefficient (Wildman–Crippen LogP) is 4.36. The van der Waals surface area contributed by atoms with Crippen LogP contribution >= 0.6 is 0 Å². The van der Waals surface area contributed by atoms with Crippen LogP contribution in [0, 0.1) is 5.92 Å². The van der Waals surface area contributed by atoms with E-state index >= 15 is 0 Å². The number of aliphatic hydroxyl groups is 1. The van der Waals surface area contributed by atoms with E-state index in [4.69, 9.17) is 0 Å². The Labute approximate surface area is 114 Å². The van der Waals surface area contributed by atoms with E-state index < -0.39 is 5.60 Å². The van der Waals surface area contributed by atoms with E-state index in [1.807, 2.05) is 6.07 Å². The van der Waals surface area contributed by atoms with Crippen LogP contribution in [0.4, 0.5) is 0 Å². The Balaban J connectivity index is 1.88. The molecule has 1 fully saturated rings. The zero-order valence-electron chi connectivity index (χ0n) is 11.3. The van der Waals surface area contributed by atoms with Crippen LogP contribution in [0.25, 0.3) is 11.1 Å². The van der Waals surface area contributed by atoms with E-state index in [0.29, 0.717) is 5.92 Å². The van der Waals surface area contributed by atoms with Crippen molar-refractivity contribution < 1.29 is 5.11 Å². The fourth-order valence-corrected chi connectivity index (χ4v) is 3.13. The van der Waals surface area contributed by atoms with Crippen molar-refractivity contribution in [3.8, 4) is 11.1 Å². The van der Waals surface area contributed by atoms with Crippen LogP contribution in [0.15, 0.2) is 54.6 Å². The molecule has 98 valence electrons. The Hall–Kier alpha value is -1.60. The quantitative estimate of drug-likeness (QED) is 0.860. The fraction of sp³-hybridized carbons (Fsp3) is 0.333. The van der Waals surface area contributed by atoms with Gasteiger partial charge in [-0.25, -0.2) is 0 Å². The minimum Gasteiger partial charge on any atom is -0.385 e. The topological polar surface area (TPSA) is 20.2 Å². The van der Waals surface area contributed by atoms with Crippen LogP contribution in [0.1, 0.15) is 31.7 Å². The van der Waals surface area contributed by atoms with Gasteiger partial charge in [0.1, 0.15) is 0 Å². The summed E-state index contributed by atoms with van der Waals surface area (Å²) in [6, 6.07) is 18.8. The fourth-order valence-electron chi connectivity index (χ4n) is 3.13. The first-order chi connectivity index (χ1) is 9.24. The van der Waals surface area contributed by atoms with E-state index in [2.05, 4.69) is 55.5 Å². The molecule has 0 amide bonds. The average Bonchev–Trinajstić information content (AvgIpc) is 2.47. The third-order valence-corrected chi connectivity index (χ3v) is 4.53. The van der Waals surface area contributed by atoms with Crippen molar-refractivity contribution in [2.45, 2.75) is 31.8 Å². The first kappa shape index (κ1) is 12.4. The number of rotatable bonds is 3. The summed E-state index contributed by atoms with van der Waals surface area (Å²) in [7, 11) is 0. The molecule has 1 nitrogen and oxygen atoms in total. The molecule has 1 heteroatoms. The van der Waals surface area contributed by atoms with Crippen LogP contribution in [-0.4, -0.2) is 5.11 Å². The zero-order valence-corrected chi connectivity index (χ0v) is 11.3. The highest BCUT2D eigenvalue weighted by Crippen LogP contribution is 2.48. The van der Waals surface area contributed by atoms with Crippen LogP contribution in [0.5, 0.6) is 0 Å². The summed E-state index contributed by atoms with van der Waals surface area (Å²) in [5.41, 5.74) is 2.93. The Morgan fingerprint density at radius 2 is 1.63 bits per heavy atom. The van der Waals surface area contributed by atoms with Gasteiger partial charge >= 0.3 is 0 Å². The molecule has 0 heterocycles. The van der Waals surface area contributed by atoms with Crippen molar-refractivity contribution in [1.82, 2.24) is 0 Å². The molecular formula is C18H20O. The zero-order chi connectivity index (χ0) is 13.3. The lowest BCUT2D eigenvalue weighted by Gasteiger charge is -2.45. The molecule has 1 aliphatic rings. The van der Waals surface area contributed by atoms with Gasteiger partial charge in [-0.2, -0.15) is 0 Å². The molecule has 3 rings (SSSR count). The van der Waals surface area contributed by atoms with Gasteiger partial charge in [0.05, 0.1) is 5.60 Å². The molecule has 1 saturated carbocycles. The molecule has 2 aromatic carbocycles. The SMILES string of the molecule is CCC1CCC1(O)c1ccc(-c2ccccc2)cc1. The van der Waals surface area contributed by atoms with Crippen molar-refractivity contribution in [1.29, 1.82) is 0 Å². The Morgan fingerprint density at radius 1 is 1.00 bits per heavy atom. The van der Waals surface area contributed by atoms with E-state index in [9.17, 15) is 5.11 Å². The minimum atomic E-state index is -0.579. The Bertz CT molecular complexity index is 542. The third kappa shape index (κ3) is 2.08. The molecule has 0 bridgehead atoms. The molecule has 19 heavy (non-hydrogen) atoms. The maximum absolute atomic E-state index is 10.7. The van der Waals surface area contributed by atoms with E-state index in [1.165, 1.54) is 11.1 Å². The summed E-state index contributed by atoms with van der Waals surface area (Å²) in [6.45, 7) is 2.16. The van der Waals surface area contributed by atoms with Gasteiger partial charge in [0.15, 0.2) is 0 Å². The lowest BCUT2D eigenvalue weighted by atomic mass is 9.64. The standard InChI is InChI=1S/C18H20O/c1-2-16-12-13-18(16,19)17-10-8-15(9-11-17)14-6-4-3-5-7-14/h3-11,16,19H,2,12-13H2,1H3.